The van der Waals surface area contributed by atoms with Crippen molar-refractivity contribution in [2.24, 2.45) is 10.8 Å². The van der Waals surface area contributed by atoms with Crippen LogP contribution in [0.5, 0.6) is 0 Å². The third kappa shape index (κ3) is 2.50. The van der Waals surface area contributed by atoms with Crippen LogP contribution in [0.2, 0.25) is 18.1 Å². The number of hydrogen-bond donors (Lipinski definition) is 0. The maximum atomic E-state index is 12.3. The van der Waals surface area contributed by atoms with Crippen molar-refractivity contribution in [3.05, 3.63) is 0 Å². The fourth-order valence-electron chi connectivity index (χ4n) is 2.68. The number of nitrogens with zero attached hydrogens (tertiary/aromatic N) is 2. The van der Waals surface area contributed by atoms with Crippen molar-refractivity contribution in [3.63, 3.8) is 0 Å². The summed E-state index contributed by atoms with van der Waals surface area (Å²) in [5, 5.41) is 19.2. The van der Waals surface area contributed by atoms with E-state index in [9.17, 15) is 20.1 Å². The Bertz CT molecular complexity index is 594. The predicted molar refractivity (Wildman–Crippen MR) is 86.8 cm³/mol. The zero-order valence-electron chi connectivity index (χ0n) is 15.2. The first kappa shape index (κ1) is 20.1. The van der Waals surface area contributed by atoms with Crippen LogP contribution in [0.4, 0.5) is 0 Å². The fraction of sp³-hybridized carbons (Fsp3) is 0.750. The lowest BCUT2D eigenvalue weighted by Crippen LogP contribution is -2.70. The average Bonchev–Trinajstić information content (AvgIpc) is 2.49. The Morgan fingerprint density at radius 2 is 1.50 bits per heavy atom. The minimum atomic E-state index is -2.32. The molecule has 1 unspecified atom stereocenters. The summed E-state index contributed by atoms with van der Waals surface area (Å²) in [6.07, 6.45) is -0.966. The van der Waals surface area contributed by atoms with Gasteiger partial charge < -0.3 is 13.9 Å². The maximum Gasteiger partial charge on any atom is 0.326 e. The first-order chi connectivity index (χ1) is 10.9. The Labute approximate surface area is 143 Å². The second kappa shape index (κ2) is 6.19. The van der Waals surface area contributed by atoms with Gasteiger partial charge in [-0.05, 0) is 18.1 Å². The molecule has 0 aromatic carbocycles. The van der Waals surface area contributed by atoms with Gasteiger partial charge in [-0.3, -0.25) is 9.59 Å². The molecule has 0 spiro atoms. The third-order valence-corrected chi connectivity index (χ3v) is 9.80. The van der Waals surface area contributed by atoms with Crippen LogP contribution in [0.15, 0.2) is 0 Å². The summed E-state index contributed by atoms with van der Waals surface area (Å²) in [5.41, 5.74) is -3.95. The van der Waals surface area contributed by atoms with Gasteiger partial charge in [0.2, 0.25) is 5.41 Å². The van der Waals surface area contributed by atoms with Gasteiger partial charge in [0, 0.05) is 6.42 Å². The van der Waals surface area contributed by atoms with Crippen molar-refractivity contribution in [2.45, 2.75) is 51.4 Å². The van der Waals surface area contributed by atoms with Gasteiger partial charge >= 0.3 is 11.9 Å². The second-order valence-electron chi connectivity index (χ2n) is 7.49. The van der Waals surface area contributed by atoms with E-state index < -0.39 is 37.2 Å². The molecule has 1 aliphatic carbocycles. The molecule has 1 atom stereocenters. The summed E-state index contributed by atoms with van der Waals surface area (Å²) in [7, 11) is -0.107. The van der Waals surface area contributed by atoms with Crippen LogP contribution in [0.3, 0.4) is 0 Å². The van der Waals surface area contributed by atoms with E-state index in [1.54, 1.807) is 0 Å². The number of hydrogen-bond acceptors (Lipinski definition) is 7. The van der Waals surface area contributed by atoms with Crippen LogP contribution in [-0.2, 0) is 23.5 Å². The number of carbonyl (C=O) groups excluding carboxylic acids is 2. The fourth-order valence-corrected chi connectivity index (χ4v) is 4.00. The molecular weight excluding hydrogens is 328 g/mol. The molecule has 1 rings (SSSR count). The topological polar surface area (TPSA) is 109 Å². The van der Waals surface area contributed by atoms with Crippen LogP contribution < -0.4 is 0 Å². The number of carbonyl (C=O) groups is 2. The average molecular weight is 352 g/mol. The van der Waals surface area contributed by atoms with Crippen LogP contribution >= 0.6 is 0 Å². The van der Waals surface area contributed by atoms with E-state index in [2.05, 4.69) is 0 Å². The van der Waals surface area contributed by atoms with Crippen molar-refractivity contribution in [2.75, 3.05) is 14.2 Å². The molecule has 0 aromatic heterocycles. The highest BCUT2D eigenvalue weighted by atomic mass is 28.4. The zero-order chi connectivity index (χ0) is 19.0. The van der Waals surface area contributed by atoms with Gasteiger partial charge in [-0.25, -0.2) is 0 Å². The van der Waals surface area contributed by atoms with E-state index >= 15 is 0 Å². The molecule has 0 saturated heterocycles. The minimum absolute atomic E-state index is 0.111. The van der Waals surface area contributed by atoms with Crippen LogP contribution in [0.1, 0.15) is 27.2 Å². The molecule has 0 amide bonds. The molecule has 0 radical (unpaired) electrons. The third-order valence-electron chi connectivity index (χ3n) is 5.31. The summed E-state index contributed by atoms with van der Waals surface area (Å²) in [5.74, 6) is -1.90. The highest BCUT2D eigenvalue weighted by Crippen LogP contribution is 2.60. The standard InChI is InChI=1S/C16H24N2O5Si/c1-14(2,3)24(6,7)23-11-8-16(12(19)21-4,13(20)22-5)15(11,9-17)10-18/h11H,8H2,1-7H3. The smallest absolute Gasteiger partial charge is 0.326 e. The lowest BCUT2D eigenvalue weighted by atomic mass is 9.48. The highest BCUT2D eigenvalue weighted by Gasteiger charge is 2.78. The van der Waals surface area contributed by atoms with Crippen molar-refractivity contribution in [1.82, 2.24) is 0 Å². The molecule has 0 N–H and O–H groups in total. The van der Waals surface area contributed by atoms with E-state index in [4.69, 9.17) is 13.9 Å². The highest BCUT2D eigenvalue weighted by molar-refractivity contribution is 6.74. The molecule has 0 aromatic rings. The Kier molecular flexibility index (Phi) is 5.20. The summed E-state index contributed by atoms with van der Waals surface area (Å²) < 4.78 is 15.6. The normalized spacial score (nSPS) is 21.6. The van der Waals surface area contributed by atoms with Crippen molar-refractivity contribution >= 4 is 20.3 Å². The first-order valence-electron chi connectivity index (χ1n) is 7.57. The van der Waals surface area contributed by atoms with Crippen molar-refractivity contribution < 1.29 is 23.5 Å². The predicted octanol–water partition coefficient (Wildman–Crippen LogP) is 2.15. The zero-order valence-corrected chi connectivity index (χ0v) is 16.2. The number of esters is 2. The van der Waals surface area contributed by atoms with E-state index in [-0.39, 0.29) is 11.5 Å². The van der Waals surface area contributed by atoms with Crippen LogP contribution in [-0.4, -0.2) is 40.6 Å². The molecule has 1 aliphatic rings. The molecule has 0 heterocycles. The molecule has 8 heteroatoms. The first-order valence-corrected chi connectivity index (χ1v) is 10.5. The monoisotopic (exact) mass is 352 g/mol. The van der Waals surface area contributed by atoms with Gasteiger partial charge in [-0.2, -0.15) is 10.5 Å². The number of methoxy groups -OCH3 is 2. The molecule has 7 nitrogen and oxygen atoms in total. The maximum absolute atomic E-state index is 12.3. The van der Waals surface area contributed by atoms with Gasteiger partial charge in [0.25, 0.3) is 0 Å². The van der Waals surface area contributed by atoms with Gasteiger partial charge in [0.15, 0.2) is 13.7 Å². The van der Waals surface area contributed by atoms with Crippen molar-refractivity contribution in [1.29, 1.82) is 10.5 Å². The molecular formula is C16H24N2O5Si. The van der Waals surface area contributed by atoms with E-state index in [0.717, 1.165) is 14.2 Å². The van der Waals surface area contributed by atoms with Gasteiger partial charge in [0.05, 0.1) is 32.5 Å². The molecule has 0 aliphatic heterocycles. The second-order valence-corrected chi connectivity index (χ2v) is 12.2. The molecule has 0 bridgehead atoms. The number of nitriles is 2. The summed E-state index contributed by atoms with van der Waals surface area (Å²) in [6, 6.07) is 3.69. The molecule has 1 fully saturated rings. The number of ether oxygens (including phenoxy) is 2. The largest absolute Gasteiger partial charge is 0.468 e. The van der Waals surface area contributed by atoms with E-state index in [1.807, 2.05) is 46.0 Å². The lowest BCUT2D eigenvalue weighted by molar-refractivity contribution is -0.201. The molecule has 24 heavy (non-hydrogen) atoms. The SMILES string of the molecule is COC(=O)C1(C(=O)OC)CC(O[Si](C)(C)C(C)(C)C)C1(C#N)C#N. The summed E-state index contributed by atoms with van der Waals surface area (Å²) in [4.78, 5) is 24.6. The summed E-state index contributed by atoms with van der Waals surface area (Å²) in [6.45, 7) is 10.0. The molecule has 132 valence electrons. The summed E-state index contributed by atoms with van der Waals surface area (Å²) >= 11 is 0. The van der Waals surface area contributed by atoms with Crippen molar-refractivity contribution in [3.8, 4) is 12.1 Å². The Morgan fingerprint density at radius 1 is 1.08 bits per heavy atom. The van der Waals surface area contributed by atoms with Gasteiger partial charge in [-0.15, -0.1) is 0 Å². The minimum Gasteiger partial charge on any atom is -0.468 e. The quantitative estimate of drug-likeness (QED) is 0.433. The van der Waals surface area contributed by atoms with E-state index in [0.29, 0.717) is 0 Å². The molecule has 1 saturated carbocycles. The van der Waals surface area contributed by atoms with E-state index in [1.165, 1.54) is 0 Å². The Morgan fingerprint density at radius 3 is 1.79 bits per heavy atom. The number of rotatable bonds is 4. The van der Waals surface area contributed by atoms with Crippen LogP contribution in [0.25, 0.3) is 0 Å². The lowest BCUT2D eigenvalue weighted by Gasteiger charge is -2.55. The van der Waals surface area contributed by atoms with Gasteiger partial charge in [-0.1, -0.05) is 20.8 Å². The van der Waals surface area contributed by atoms with Gasteiger partial charge in [0.1, 0.15) is 0 Å². The Hall–Kier alpha value is -1.90. The van der Waals surface area contributed by atoms with Crippen LogP contribution in [0, 0.1) is 33.5 Å². The Balaban J connectivity index is 3.39.